The van der Waals surface area contributed by atoms with Crippen LogP contribution in [0.1, 0.15) is 5.56 Å². The van der Waals surface area contributed by atoms with Crippen LogP contribution in [0.3, 0.4) is 0 Å². The summed E-state index contributed by atoms with van der Waals surface area (Å²) in [6.45, 7) is 0.500. The first-order chi connectivity index (χ1) is 12.2. The lowest BCUT2D eigenvalue weighted by Gasteiger charge is -2.08. The van der Waals surface area contributed by atoms with E-state index >= 15 is 0 Å². The molecule has 0 aliphatic carbocycles. The maximum Gasteiger partial charge on any atom is 0.411 e. The Balaban J connectivity index is 1.89. The van der Waals surface area contributed by atoms with Crippen molar-refractivity contribution in [3.05, 3.63) is 66.2 Å². The van der Waals surface area contributed by atoms with E-state index < -0.39 is 6.09 Å². The van der Waals surface area contributed by atoms with Crippen LogP contribution >= 0.6 is 0 Å². The van der Waals surface area contributed by atoms with Crippen molar-refractivity contribution in [3.63, 3.8) is 0 Å². The van der Waals surface area contributed by atoms with E-state index in [0.29, 0.717) is 18.0 Å². The molecule has 0 unspecified atom stereocenters. The molecule has 0 atom stereocenters. The van der Waals surface area contributed by atoms with Crippen molar-refractivity contribution in [2.75, 3.05) is 31.0 Å². The largest absolute Gasteiger partial charge is 0.447 e. The molecule has 0 fully saturated rings. The van der Waals surface area contributed by atoms with Crippen molar-refractivity contribution >= 4 is 29.5 Å². The smallest absolute Gasteiger partial charge is 0.411 e. The second kappa shape index (κ2) is 9.89. The van der Waals surface area contributed by atoms with Gasteiger partial charge in [-0.25, -0.2) is 4.79 Å². The summed E-state index contributed by atoms with van der Waals surface area (Å²) in [6.07, 6.45) is 2.60. The van der Waals surface area contributed by atoms with Crippen LogP contribution in [0.2, 0.25) is 0 Å². The van der Waals surface area contributed by atoms with E-state index in [4.69, 9.17) is 9.47 Å². The zero-order valence-electron chi connectivity index (χ0n) is 13.9. The van der Waals surface area contributed by atoms with Crippen LogP contribution < -0.4 is 10.6 Å². The highest BCUT2D eigenvalue weighted by atomic mass is 16.6. The van der Waals surface area contributed by atoms with Gasteiger partial charge in [0.1, 0.15) is 6.61 Å². The molecule has 2 aromatic rings. The first kappa shape index (κ1) is 18.2. The van der Waals surface area contributed by atoms with Gasteiger partial charge in [0, 0.05) is 24.6 Å². The van der Waals surface area contributed by atoms with E-state index in [9.17, 15) is 9.59 Å². The molecular formula is C19H20N2O4. The van der Waals surface area contributed by atoms with E-state index in [2.05, 4.69) is 10.6 Å². The minimum atomic E-state index is -0.579. The molecule has 6 nitrogen and oxygen atoms in total. The second-order valence-electron chi connectivity index (χ2n) is 5.07. The van der Waals surface area contributed by atoms with E-state index in [1.807, 2.05) is 30.3 Å². The Morgan fingerprint density at radius 3 is 2.40 bits per heavy atom. The summed E-state index contributed by atoms with van der Waals surface area (Å²) in [4.78, 5) is 23.6. The Kier molecular flexibility index (Phi) is 7.21. The summed E-state index contributed by atoms with van der Waals surface area (Å²) < 4.78 is 9.72. The first-order valence-electron chi connectivity index (χ1n) is 7.74. The van der Waals surface area contributed by atoms with Crippen LogP contribution in [0.15, 0.2) is 60.7 Å². The summed E-state index contributed by atoms with van der Waals surface area (Å²) >= 11 is 0. The first-order valence-corrected chi connectivity index (χ1v) is 7.74. The fraction of sp³-hybridized carbons (Fsp3) is 0.158. The number of hydrogen-bond donors (Lipinski definition) is 2. The highest BCUT2D eigenvalue weighted by Gasteiger charge is 2.04. The Labute approximate surface area is 146 Å². The van der Waals surface area contributed by atoms with Gasteiger partial charge in [-0.2, -0.15) is 0 Å². The van der Waals surface area contributed by atoms with E-state index in [0.717, 1.165) is 5.56 Å². The third-order valence-corrected chi connectivity index (χ3v) is 3.12. The number of nitrogens with one attached hydrogen (secondary N) is 2. The van der Waals surface area contributed by atoms with Crippen molar-refractivity contribution in [1.82, 2.24) is 0 Å². The molecule has 0 aliphatic rings. The van der Waals surface area contributed by atoms with Gasteiger partial charge in [0.2, 0.25) is 5.91 Å². The number of hydrogen-bond acceptors (Lipinski definition) is 4. The third-order valence-electron chi connectivity index (χ3n) is 3.12. The van der Waals surface area contributed by atoms with Crippen molar-refractivity contribution in [3.8, 4) is 0 Å². The summed E-state index contributed by atoms with van der Waals surface area (Å²) in [5.74, 6) is -0.260. The van der Waals surface area contributed by atoms with Crippen LogP contribution in [0.4, 0.5) is 16.2 Å². The number of amides is 2. The molecule has 0 saturated heterocycles. The monoisotopic (exact) mass is 340 g/mol. The lowest BCUT2D eigenvalue weighted by molar-refractivity contribution is -0.111. The quantitative estimate of drug-likeness (QED) is 0.597. The van der Waals surface area contributed by atoms with Crippen LogP contribution in [0, 0.1) is 0 Å². The summed E-state index contributed by atoms with van der Waals surface area (Å²) in [5, 5.41) is 5.33. The molecule has 130 valence electrons. The lowest BCUT2D eigenvalue weighted by atomic mass is 10.2. The van der Waals surface area contributed by atoms with Crippen LogP contribution in [-0.2, 0) is 14.3 Å². The number of rotatable bonds is 7. The number of carbonyl (C=O) groups excluding carboxylic acids is 2. The number of anilines is 2. The maximum atomic E-state index is 12.0. The minimum absolute atomic E-state index is 0.170. The van der Waals surface area contributed by atoms with Crippen molar-refractivity contribution in [2.24, 2.45) is 0 Å². The summed E-state index contributed by atoms with van der Waals surface area (Å²) in [6, 6.07) is 16.3. The fourth-order valence-corrected chi connectivity index (χ4v) is 1.97. The van der Waals surface area contributed by atoms with Crippen molar-refractivity contribution in [2.45, 2.75) is 0 Å². The zero-order chi connectivity index (χ0) is 17.9. The van der Waals surface area contributed by atoms with E-state index in [1.165, 1.54) is 13.2 Å². The third kappa shape index (κ3) is 6.88. The molecule has 0 spiro atoms. The molecule has 0 bridgehead atoms. The molecule has 2 amide bonds. The van der Waals surface area contributed by atoms with Gasteiger partial charge < -0.3 is 14.8 Å². The van der Waals surface area contributed by atoms with Crippen LogP contribution in [0.25, 0.3) is 6.08 Å². The number of benzene rings is 2. The SMILES string of the molecule is COCCOC(=O)Nc1cccc(NC(=O)/C=C/c2ccccc2)c1. The Morgan fingerprint density at radius 2 is 1.68 bits per heavy atom. The summed E-state index contributed by atoms with van der Waals surface area (Å²) in [5.41, 5.74) is 2.02. The molecule has 2 N–H and O–H groups in total. The molecule has 2 rings (SSSR count). The van der Waals surface area contributed by atoms with Gasteiger partial charge in [0.15, 0.2) is 0 Å². The fourth-order valence-electron chi connectivity index (χ4n) is 1.97. The minimum Gasteiger partial charge on any atom is -0.447 e. The predicted molar refractivity (Wildman–Crippen MR) is 97.4 cm³/mol. The van der Waals surface area contributed by atoms with Gasteiger partial charge in [-0.1, -0.05) is 36.4 Å². The van der Waals surface area contributed by atoms with Gasteiger partial charge in [0.05, 0.1) is 6.61 Å². The normalized spacial score (nSPS) is 10.4. The highest BCUT2D eigenvalue weighted by molar-refractivity contribution is 6.02. The average molecular weight is 340 g/mol. The number of ether oxygens (including phenoxy) is 2. The van der Waals surface area contributed by atoms with Gasteiger partial charge in [0.25, 0.3) is 0 Å². The number of carbonyl (C=O) groups is 2. The second-order valence-corrected chi connectivity index (χ2v) is 5.07. The molecule has 0 heterocycles. The molecular weight excluding hydrogens is 320 g/mol. The molecule has 0 saturated carbocycles. The molecule has 0 aliphatic heterocycles. The maximum absolute atomic E-state index is 12.0. The zero-order valence-corrected chi connectivity index (χ0v) is 13.9. The van der Waals surface area contributed by atoms with Crippen molar-refractivity contribution in [1.29, 1.82) is 0 Å². The Morgan fingerprint density at radius 1 is 0.960 bits per heavy atom. The Bertz CT molecular complexity index is 729. The summed E-state index contributed by atoms with van der Waals surface area (Å²) in [7, 11) is 1.53. The number of methoxy groups -OCH3 is 1. The van der Waals surface area contributed by atoms with E-state index in [-0.39, 0.29) is 12.5 Å². The van der Waals surface area contributed by atoms with E-state index in [1.54, 1.807) is 30.3 Å². The topological polar surface area (TPSA) is 76.7 Å². The highest BCUT2D eigenvalue weighted by Crippen LogP contribution is 2.15. The predicted octanol–water partition coefficient (Wildman–Crippen LogP) is 3.53. The standard InChI is InChI=1S/C19H20N2O4/c1-24-12-13-25-19(23)21-17-9-5-8-16(14-17)20-18(22)11-10-15-6-3-2-4-7-15/h2-11,14H,12-13H2,1H3,(H,20,22)(H,21,23)/b11-10+. The van der Waals surface area contributed by atoms with Gasteiger partial charge >= 0.3 is 6.09 Å². The molecule has 25 heavy (non-hydrogen) atoms. The van der Waals surface area contributed by atoms with Gasteiger partial charge in [-0.3, -0.25) is 10.1 Å². The molecule has 6 heteroatoms. The van der Waals surface area contributed by atoms with Gasteiger partial charge in [-0.15, -0.1) is 0 Å². The lowest BCUT2D eigenvalue weighted by Crippen LogP contribution is -2.16. The van der Waals surface area contributed by atoms with Crippen LogP contribution in [0.5, 0.6) is 0 Å². The molecule has 2 aromatic carbocycles. The molecule has 0 radical (unpaired) electrons. The van der Waals surface area contributed by atoms with Crippen molar-refractivity contribution < 1.29 is 19.1 Å². The van der Waals surface area contributed by atoms with Crippen LogP contribution in [-0.4, -0.2) is 32.3 Å². The average Bonchev–Trinajstić information content (AvgIpc) is 2.61. The Hall–Kier alpha value is -3.12. The van der Waals surface area contributed by atoms with Gasteiger partial charge in [-0.05, 0) is 29.8 Å². The molecule has 0 aromatic heterocycles.